The highest BCUT2D eigenvalue weighted by Gasteiger charge is 2.35. The molecule has 1 aliphatic heterocycles. The monoisotopic (exact) mass is 397 g/mol. The average Bonchev–Trinajstić information content (AvgIpc) is 3.04. The van der Waals surface area contributed by atoms with E-state index in [0.29, 0.717) is 28.8 Å². The molecule has 0 aliphatic carbocycles. The molecule has 2 heterocycles. The Morgan fingerprint density at radius 3 is 2.82 bits per heavy atom. The molecule has 7 heteroatoms. The molecule has 1 atom stereocenters. The number of carbonyl (C=O) groups is 1. The van der Waals surface area contributed by atoms with Crippen LogP contribution in [-0.2, 0) is 14.3 Å². The number of fused-ring (bicyclic) bond motifs is 3. The molecule has 2 aromatic carbocycles. The Morgan fingerprint density at radius 2 is 2.04 bits per heavy atom. The number of nitrogens with zero attached hydrogens (tertiary/aromatic N) is 2. The fraction of sp³-hybridized carbons (Fsp3) is 0.238. The fourth-order valence-corrected chi connectivity index (χ4v) is 3.71. The quantitative estimate of drug-likeness (QED) is 0.517. The predicted molar refractivity (Wildman–Crippen MR) is 108 cm³/mol. The zero-order valence-electron chi connectivity index (χ0n) is 15.6. The van der Waals surface area contributed by atoms with Crippen molar-refractivity contribution in [2.75, 3.05) is 25.6 Å². The van der Waals surface area contributed by atoms with Crippen LogP contribution in [0.25, 0.3) is 11.0 Å². The average molecular weight is 398 g/mol. The van der Waals surface area contributed by atoms with Crippen LogP contribution in [0.1, 0.15) is 18.5 Å². The lowest BCUT2D eigenvalue weighted by atomic mass is 9.95. The van der Waals surface area contributed by atoms with Gasteiger partial charge in [0.2, 0.25) is 5.95 Å². The summed E-state index contributed by atoms with van der Waals surface area (Å²) in [5.74, 6) is 0.285. The van der Waals surface area contributed by atoms with Crippen LogP contribution in [0.15, 0.2) is 59.8 Å². The number of carbonyl (C=O) groups excluding carboxylic acids is 1. The summed E-state index contributed by atoms with van der Waals surface area (Å²) in [5.41, 5.74) is 3.88. The Hall–Kier alpha value is -2.83. The number of hydrogen-bond donors (Lipinski definition) is 1. The maximum absolute atomic E-state index is 13.0. The van der Waals surface area contributed by atoms with Crippen molar-refractivity contribution in [3.8, 4) is 0 Å². The summed E-state index contributed by atoms with van der Waals surface area (Å²) in [5, 5.41) is 3.85. The van der Waals surface area contributed by atoms with Gasteiger partial charge in [0.1, 0.15) is 6.61 Å². The highest BCUT2D eigenvalue weighted by atomic mass is 35.5. The standard InChI is InChI=1S/C21H20ClN3O3/c1-13-18(20(26)28-11-10-27-2)19(14-6-5-7-15(22)12-14)25-17-9-4-3-8-16(17)24-21(25)23-13/h3-9,12,19H,10-11H2,1-2H3,(H,23,24)/t19-/m0/s1. The maximum atomic E-state index is 13.0. The van der Waals surface area contributed by atoms with Crippen LogP contribution in [0.3, 0.4) is 0 Å². The van der Waals surface area contributed by atoms with Crippen molar-refractivity contribution in [3.63, 3.8) is 0 Å². The Morgan fingerprint density at radius 1 is 1.21 bits per heavy atom. The van der Waals surface area contributed by atoms with E-state index in [2.05, 4.69) is 10.3 Å². The number of ether oxygens (including phenoxy) is 2. The molecule has 0 unspecified atom stereocenters. The van der Waals surface area contributed by atoms with Gasteiger partial charge >= 0.3 is 5.97 Å². The number of rotatable bonds is 5. The second-order valence-corrected chi connectivity index (χ2v) is 6.98. The Bertz CT molecular complexity index is 1070. The van der Waals surface area contributed by atoms with Crippen molar-refractivity contribution < 1.29 is 14.3 Å². The van der Waals surface area contributed by atoms with E-state index in [4.69, 9.17) is 21.1 Å². The smallest absolute Gasteiger partial charge is 0.338 e. The van der Waals surface area contributed by atoms with Gasteiger partial charge in [-0.1, -0.05) is 35.9 Å². The summed E-state index contributed by atoms with van der Waals surface area (Å²) in [4.78, 5) is 17.7. The summed E-state index contributed by atoms with van der Waals surface area (Å²) in [6.45, 7) is 2.38. The summed E-state index contributed by atoms with van der Waals surface area (Å²) in [6.07, 6.45) is 0. The second-order valence-electron chi connectivity index (χ2n) is 6.54. The van der Waals surface area contributed by atoms with Gasteiger partial charge in [-0.15, -0.1) is 0 Å². The summed E-state index contributed by atoms with van der Waals surface area (Å²) < 4.78 is 12.5. The molecule has 0 saturated heterocycles. The zero-order chi connectivity index (χ0) is 19.7. The molecule has 1 aliphatic rings. The summed E-state index contributed by atoms with van der Waals surface area (Å²) in [6, 6.07) is 14.9. The van der Waals surface area contributed by atoms with Crippen molar-refractivity contribution in [3.05, 3.63) is 70.4 Å². The maximum Gasteiger partial charge on any atom is 0.338 e. The minimum Gasteiger partial charge on any atom is -0.460 e. The molecule has 0 bridgehead atoms. The lowest BCUT2D eigenvalue weighted by Gasteiger charge is -2.30. The number of allylic oxidation sites excluding steroid dienone is 1. The Kier molecular flexibility index (Phi) is 5.07. The number of imidazole rings is 1. The van der Waals surface area contributed by atoms with Gasteiger partial charge in [0.15, 0.2) is 0 Å². The van der Waals surface area contributed by atoms with Crippen LogP contribution in [0.2, 0.25) is 5.02 Å². The SMILES string of the molecule is COCCOC(=O)C1=C(C)Nc2nc3ccccc3n2[C@H]1c1cccc(Cl)c1. The number of benzene rings is 2. The first-order chi connectivity index (χ1) is 13.6. The van der Waals surface area contributed by atoms with Crippen LogP contribution in [-0.4, -0.2) is 35.8 Å². The van der Waals surface area contributed by atoms with E-state index in [1.807, 2.05) is 60.0 Å². The molecule has 0 saturated carbocycles. The van der Waals surface area contributed by atoms with E-state index in [1.54, 1.807) is 7.11 Å². The second kappa shape index (κ2) is 7.66. The van der Waals surface area contributed by atoms with E-state index in [0.717, 1.165) is 16.6 Å². The third-order valence-corrected chi connectivity index (χ3v) is 4.97. The van der Waals surface area contributed by atoms with E-state index in [1.165, 1.54) is 0 Å². The van der Waals surface area contributed by atoms with Gasteiger partial charge in [-0.3, -0.25) is 4.57 Å². The van der Waals surface area contributed by atoms with Gasteiger partial charge in [0, 0.05) is 17.8 Å². The molecule has 0 amide bonds. The zero-order valence-corrected chi connectivity index (χ0v) is 16.4. The van der Waals surface area contributed by atoms with Crippen molar-refractivity contribution >= 4 is 34.6 Å². The highest BCUT2D eigenvalue weighted by Crippen LogP contribution is 2.39. The largest absolute Gasteiger partial charge is 0.460 e. The fourth-order valence-electron chi connectivity index (χ4n) is 3.52. The van der Waals surface area contributed by atoms with Gasteiger partial charge in [-0.25, -0.2) is 9.78 Å². The number of methoxy groups -OCH3 is 1. The number of nitrogens with one attached hydrogen (secondary N) is 1. The minimum atomic E-state index is -0.405. The molecule has 28 heavy (non-hydrogen) atoms. The number of aromatic nitrogens is 2. The van der Waals surface area contributed by atoms with Crippen molar-refractivity contribution in [2.45, 2.75) is 13.0 Å². The first kappa shape index (κ1) is 18.5. The Labute approximate surface area is 167 Å². The molecule has 1 aromatic heterocycles. The van der Waals surface area contributed by atoms with Crippen molar-refractivity contribution in [1.82, 2.24) is 9.55 Å². The first-order valence-electron chi connectivity index (χ1n) is 8.96. The molecular formula is C21H20ClN3O3. The molecule has 0 fully saturated rings. The third-order valence-electron chi connectivity index (χ3n) is 4.74. The highest BCUT2D eigenvalue weighted by molar-refractivity contribution is 6.30. The van der Waals surface area contributed by atoms with Gasteiger partial charge in [0.25, 0.3) is 0 Å². The van der Waals surface area contributed by atoms with Crippen molar-refractivity contribution in [2.24, 2.45) is 0 Å². The number of anilines is 1. The van der Waals surface area contributed by atoms with Gasteiger partial charge in [-0.2, -0.15) is 0 Å². The van der Waals surface area contributed by atoms with Crippen LogP contribution >= 0.6 is 11.6 Å². The van der Waals surface area contributed by atoms with Crippen LogP contribution in [0.4, 0.5) is 5.95 Å². The van der Waals surface area contributed by atoms with Crippen LogP contribution in [0.5, 0.6) is 0 Å². The summed E-state index contributed by atoms with van der Waals surface area (Å²) in [7, 11) is 1.57. The van der Waals surface area contributed by atoms with Crippen molar-refractivity contribution in [1.29, 1.82) is 0 Å². The molecule has 3 aromatic rings. The van der Waals surface area contributed by atoms with Crippen LogP contribution < -0.4 is 5.32 Å². The van der Waals surface area contributed by atoms with Gasteiger partial charge in [-0.05, 0) is 36.8 Å². The number of para-hydroxylation sites is 2. The molecule has 1 N–H and O–H groups in total. The Balaban J connectivity index is 1.88. The van der Waals surface area contributed by atoms with Gasteiger partial charge in [0.05, 0.1) is 29.3 Å². The van der Waals surface area contributed by atoms with Gasteiger partial charge < -0.3 is 14.8 Å². The van der Waals surface area contributed by atoms with E-state index in [9.17, 15) is 4.79 Å². The van der Waals surface area contributed by atoms with E-state index < -0.39 is 12.0 Å². The molecule has 6 nitrogen and oxygen atoms in total. The third kappa shape index (κ3) is 3.25. The molecule has 4 rings (SSSR count). The minimum absolute atomic E-state index is 0.186. The predicted octanol–water partition coefficient (Wildman–Crippen LogP) is 4.17. The normalized spacial score (nSPS) is 16.0. The lowest BCUT2D eigenvalue weighted by molar-refractivity contribution is -0.140. The van der Waals surface area contributed by atoms with E-state index >= 15 is 0 Å². The van der Waals surface area contributed by atoms with Crippen LogP contribution in [0, 0.1) is 0 Å². The lowest BCUT2D eigenvalue weighted by Crippen LogP contribution is -2.29. The van der Waals surface area contributed by atoms with E-state index in [-0.39, 0.29) is 6.61 Å². The number of halogens is 1. The topological polar surface area (TPSA) is 65.4 Å². The first-order valence-corrected chi connectivity index (χ1v) is 9.34. The molecule has 0 radical (unpaired) electrons. The summed E-state index contributed by atoms with van der Waals surface area (Å²) >= 11 is 6.26. The number of hydrogen-bond acceptors (Lipinski definition) is 5. The molecule has 0 spiro atoms. The number of esters is 1. The molecule has 144 valence electrons. The molecular weight excluding hydrogens is 378 g/mol.